The number of rotatable bonds is 9. The molecule has 0 aliphatic carbocycles. The molecule has 0 saturated heterocycles. The van der Waals surface area contributed by atoms with Crippen molar-refractivity contribution in [2.45, 2.75) is 32.6 Å². The molecule has 0 aliphatic heterocycles. The summed E-state index contributed by atoms with van der Waals surface area (Å²) in [5.41, 5.74) is 4.61. The molecule has 3 aromatic rings. The number of carbonyl (C=O) groups excluding carboxylic acids is 2. The zero-order valence-corrected chi connectivity index (χ0v) is 18.2. The number of hydrogen-bond donors (Lipinski definition) is 2. The van der Waals surface area contributed by atoms with Crippen LogP contribution in [0.4, 0.5) is 4.39 Å². The van der Waals surface area contributed by atoms with Gasteiger partial charge in [-0.15, -0.1) is 0 Å². The van der Waals surface area contributed by atoms with Crippen molar-refractivity contribution < 1.29 is 18.7 Å². The molecular weight excluding hydrogens is 427 g/mol. The van der Waals surface area contributed by atoms with Crippen LogP contribution in [0.3, 0.4) is 0 Å². The first-order chi connectivity index (χ1) is 16.0. The number of nitrogens with one attached hydrogen (secondary N) is 2. The van der Waals surface area contributed by atoms with E-state index in [0.29, 0.717) is 23.6 Å². The van der Waals surface area contributed by atoms with E-state index in [1.165, 1.54) is 36.8 Å². The van der Waals surface area contributed by atoms with Crippen molar-refractivity contribution in [3.8, 4) is 11.4 Å². The van der Waals surface area contributed by atoms with Crippen LogP contribution in [-0.2, 0) is 0 Å². The number of halogens is 1. The Morgan fingerprint density at radius 3 is 2.30 bits per heavy atom. The van der Waals surface area contributed by atoms with Crippen molar-refractivity contribution in [2.75, 3.05) is 6.61 Å². The summed E-state index contributed by atoms with van der Waals surface area (Å²) in [4.78, 5) is 36.8. The van der Waals surface area contributed by atoms with Gasteiger partial charge in [-0.3, -0.25) is 25.2 Å². The summed E-state index contributed by atoms with van der Waals surface area (Å²) in [5, 5.41) is 3.98. The molecular formula is C24H25FN4O4. The minimum atomic E-state index is -0.716. The SMILES string of the molecule is CCCCCCOc1ccc(C(=O)NNC(=O)c2ccc(=O)n(-c3ccc(F)cc3)n2)cc1. The molecule has 1 aromatic heterocycles. The van der Waals surface area contributed by atoms with Crippen LogP contribution in [0.25, 0.3) is 5.69 Å². The van der Waals surface area contributed by atoms with Gasteiger partial charge >= 0.3 is 0 Å². The fourth-order valence-electron chi connectivity index (χ4n) is 2.97. The number of hydrogen-bond acceptors (Lipinski definition) is 5. The standard InChI is InChI=1S/C24H25FN4O4/c1-2-3-4-5-16-33-20-12-6-17(7-13-20)23(31)26-27-24(32)21-14-15-22(30)29(28-21)19-10-8-18(25)9-11-19/h6-15H,2-5,16H2,1H3,(H,26,31)(H,27,32). The van der Waals surface area contributed by atoms with Gasteiger partial charge in [0.05, 0.1) is 12.3 Å². The minimum absolute atomic E-state index is 0.106. The quantitative estimate of drug-likeness (QED) is 0.383. The second kappa shape index (κ2) is 11.6. The Kier molecular flexibility index (Phi) is 8.29. The fourth-order valence-corrected chi connectivity index (χ4v) is 2.97. The lowest BCUT2D eigenvalue weighted by Gasteiger charge is -2.10. The number of carbonyl (C=O) groups is 2. The maximum atomic E-state index is 13.1. The maximum absolute atomic E-state index is 13.1. The molecule has 2 aromatic carbocycles. The molecule has 0 aliphatic rings. The maximum Gasteiger partial charge on any atom is 0.290 e. The zero-order chi connectivity index (χ0) is 23.6. The second-order valence-corrected chi connectivity index (χ2v) is 7.29. The van der Waals surface area contributed by atoms with E-state index in [1.54, 1.807) is 24.3 Å². The first-order valence-electron chi connectivity index (χ1n) is 10.7. The average Bonchev–Trinajstić information content (AvgIpc) is 2.83. The fraction of sp³-hybridized carbons (Fsp3) is 0.250. The normalized spacial score (nSPS) is 10.5. The Morgan fingerprint density at radius 1 is 0.909 bits per heavy atom. The lowest BCUT2D eigenvalue weighted by molar-refractivity contribution is 0.0843. The summed E-state index contributed by atoms with van der Waals surface area (Å²) in [6, 6.07) is 14.1. The Balaban J connectivity index is 1.56. The van der Waals surface area contributed by atoms with E-state index in [9.17, 15) is 18.8 Å². The van der Waals surface area contributed by atoms with Crippen LogP contribution >= 0.6 is 0 Å². The summed E-state index contributed by atoms with van der Waals surface area (Å²) in [7, 11) is 0. The van der Waals surface area contributed by atoms with Gasteiger partial charge in [-0.1, -0.05) is 26.2 Å². The molecule has 0 radical (unpaired) electrons. The number of ether oxygens (including phenoxy) is 1. The van der Waals surface area contributed by atoms with Crippen LogP contribution in [0.15, 0.2) is 65.5 Å². The summed E-state index contributed by atoms with van der Waals surface area (Å²) in [6.07, 6.45) is 4.43. The molecule has 2 N–H and O–H groups in total. The van der Waals surface area contributed by atoms with Gasteiger partial charge in [-0.2, -0.15) is 9.78 Å². The number of benzene rings is 2. The predicted octanol–water partition coefficient (Wildman–Crippen LogP) is 3.41. The minimum Gasteiger partial charge on any atom is -0.494 e. The smallest absolute Gasteiger partial charge is 0.290 e. The summed E-state index contributed by atoms with van der Waals surface area (Å²) < 4.78 is 19.7. The lowest BCUT2D eigenvalue weighted by Crippen LogP contribution is -2.42. The molecule has 0 atom stereocenters. The molecule has 9 heteroatoms. The zero-order valence-electron chi connectivity index (χ0n) is 18.2. The van der Waals surface area contributed by atoms with Gasteiger partial charge in [0.15, 0.2) is 5.69 Å². The average molecular weight is 452 g/mol. The van der Waals surface area contributed by atoms with Gasteiger partial charge in [-0.05, 0) is 61.0 Å². The summed E-state index contributed by atoms with van der Waals surface area (Å²) in [5.74, 6) is -1.04. The highest BCUT2D eigenvalue weighted by Crippen LogP contribution is 2.13. The molecule has 8 nitrogen and oxygen atoms in total. The van der Waals surface area contributed by atoms with E-state index < -0.39 is 23.2 Å². The lowest BCUT2D eigenvalue weighted by atomic mass is 10.2. The number of unbranched alkanes of at least 4 members (excludes halogenated alkanes) is 3. The van der Waals surface area contributed by atoms with Gasteiger partial charge < -0.3 is 4.74 Å². The molecule has 1 heterocycles. The third-order valence-corrected chi connectivity index (χ3v) is 4.78. The van der Waals surface area contributed by atoms with Gasteiger partial charge in [0.2, 0.25) is 0 Å². The van der Waals surface area contributed by atoms with Crippen molar-refractivity contribution in [3.05, 3.63) is 88.1 Å². The molecule has 0 unspecified atom stereocenters. The molecule has 33 heavy (non-hydrogen) atoms. The van der Waals surface area contributed by atoms with E-state index in [2.05, 4.69) is 22.9 Å². The first-order valence-corrected chi connectivity index (χ1v) is 10.7. The highest BCUT2D eigenvalue weighted by molar-refractivity contribution is 5.98. The van der Waals surface area contributed by atoms with Crippen LogP contribution in [0, 0.1) is 5.82 Å². The Morgan fingerprint density at radius 2 is 1.61 bits per heavy atom. The molecule has 0 fully saturated rings. The monoisotopic (exact) mass is 452 g/mol. The molecule has 172 valence electrons. The largest absolute Gasteiger partial charge is 0.494 e. The van der Waals surface area contributed by atoms with Crippen molar-refractivity contribution in [2.24, 2.45) is 0 Å². The van der Waals surface area contributed by atoms with Crippen molar-refractivity contribution in [3.63, 3.8) is 0 Å². The second-order valence-electron chi connectivity index (χ2n) is 7.29. The van der Waals surface area contributed by atoms with Gasteiger partial charge in [-0.25, -0.2) is 4.39 Å². The topological polar surface area (TPSA) is 102 Å². The van der Waals surface area contributed by atoms with Gasteiger partial charge in [0.25, 0.3) is 17.4 Å². The van der Waals surface area contributed by atoms with Crippen molar-refractivity contribution >= 4 is 11.8 Å². The van der Waals surface area contributed by atoms with Crippen LogP contribution in [0.1, 0.15) is 53.5 Å². The van der Waals surface area contributed by atoms with Crippen LogP contribution in [0.2, 0.25) is 0 Å². The van der Waals surface area contributed by atoms with E-state index >= 15 is 0 Å². The number of nitrogens with zero attached hydrogens (tertiary/aromatic N) is 2. The predicted molar refractivity (Wildman–Crippen MR) is 121 cm³/mol. The third kappa shape index (κ3) is 6.73. The van der Waals surface area contributed by atoms with Crippen molar-refractivity contribution in [1.82, 2.24) is 20.6 Å². The van der Waals surface area contributed by atoms with Gasteiger partial charge in [0, 0.05) is 11.6 Å². The Bertz CT molecular complexity index is 1140. The highest BCUT2D eigenvalue weighted by Gasteiger charge is 2.13. The third-order valence-electron chi connectivity index (χ3n) is 4.78. The van der Waals surface area contributed by atoms with Crippen molar-refractivity contribution in [1.29, 1.82) is 0 Å². The Hall–Kier alpha value is -4.01. The summed E-state index contributed by atoms with van der Waals surface area (Å²) >= 11 is 0. The first kappa shape index (κ1) is 23.6. The molecule has 0 bridgehead atoms. The van der Waals surface area contributed by atoms with E-state index in [1.807, 2.05) is 0 Å². The molecule has 0 spiro atoms. The molecule has 3 rings (SSSR count). The van der Waals surface area contributed by atoms with Crippen LogP contribution < -0.4 is 21.1 Å². The van der Waals surface area contributed by atoms with E-state index in [4.69, 9.17) is 4.74 Å². The molecule has 0 saturated carbocycles. The highest BCUT2D eigenvalue weighted by atomic mass is 19.1. The van der Waals surface area contributed by atoms with Gasteiger partial charge in [0.1, 0.15) is 11.6 Å². The van der Waals surface area contributed by atoms with E-state index in [0.717, 1.165) is 30.0 Å². The number of hydrazine groups is 1. The summed E-state index contributed by atoms with van der Waals surface area (Å²) in [6.45, 7) is 2.77. The number of amides is 2. The Labute approximate surface area is 190 Å². The number of aromatic nitrogens is 2. The van der Waals surface area contributed by atoms with E-state index in [-0.39, 0.29) is 5.69 Å². The molecule has 2 amide bonds. The van der Waals surface area contributed by atoms with Crippen LogP contribution in [-0.4, -0.2) is 28.2 Å². The van der Waals surface area contributed by atoms with Crippen LogP contribution in [0.5, 0.6) is 5.75 Å².